The van der Waals surface area contributed by atoms with Crippen LogP contribution in [0.2, 0.25) is 0 Å². The zero-order chi connectivity index (χ0) is 12.6. The second kappa shape index (κ2) is 15.5. The van der Waals surface area contributed by atoms with Gasteiger partial charge in [-0.25, -0.2) is 0 Å². The summed E-state index contributed by atoms with van der Waals surface area (Å²) in [7, 11) is 0. The molecule has 0 saturated heterocycles. The van der Waals surface area contributed by atoms with Crippen LogP contribution >= 0.6 is 0 Å². The maximum Gasteiger partial charge on any atom is -0.0305 e. The van der Waals surface area contributed by atoms with Gasteiger partial charge in [0.25, 0.3) is 0 Å². The Morgan fingerprint density at radius 1 is 0.765 bits per heavy atom. The molecule has 0 N–H and O–H groups in total. The largest absolute Gasteiger partial charge is 0.0845 e. The third kappa shape index (κ3) is 15.5. The molecule has 0 aromatic carbocycles. The second-order valence-corrected chi connectivity index (χ2v) is 4.77. The first-order valence-electron chi connectivity index (χ1n) is 7.63. The van der Waals surface area contributed by atoms with E-state index in [0.717, 1.165) is 6.42 Å². The van der Waals surface area contributed by atoms with Crippen LogP contribution in [0.25, 0.3) is 0 Å². The topological polar surface area (TPSA) is 0 Å². The third-order valence-corrected chi connectivity index (χ3v) is 3.03. The van der Waals surface area contributed by atoms with Crippen molar-refractivity contribution in [2.45, 2.75) is 84.5 Å². The standard InChI is InChI=1S/C17H31/c1-3-5-7-9-11-13-15-17-16-14-12-10-8-6-4-2/h8,10,12H,3-5,7,9,11,13-17H2,1-2H3/b8-6?,12-10+. The molecule has 17 heavy (non-hydrogen) atoms. The lowest BCUT2D eigenvalue weighted by atomic mass is 10.1. The molecule has 0 saturated carbocycles. The Labute approximate surface area is 109 Å². The Morgan fingerprint density at radius 2 is 1.35 bits per heavy atom. The minimum atomic E-state index is 1.02. The van der Waals surface area contributed by atoms with E-state index in [2.05, 4.69) is 32.1 Å². The van der Waals surface area contributed by atoms with Crippen molar-refractivity contribution in [2.75, 3.05) is 0 Å². The number of unbranched alkanes of at least 4 members (excludes halogenated alkanes) is 9. The van der Waals surface area contributed by atoms with Gasteiger partial charge in [0.1, 0.15) is 0 Å². The first kappa shape index (κ1) is 16.5. The first-order chi connectivity index (χ1) is 8.41. The number of hydrogen-bond donors (Lipinski definition) is 0. The van der Waals surface area contributed by atoms with Crippen LogP contribution in [0.15, 0.2) is 18.2 Å². The maximum atomic E-state index is 3.17. The predicted molar refractivity (Wildman–Crippen MR) is 79.1 cm³/mol. The predicted octanol–water partition coefficient (Wildman–Crippen LogP) is 6.23. The fraction of sp³-hybridized carbons (Fsp3) is 0.765. The Morgan fingerprint density at radius 3 is 1.94 bits per heavy atom. The van der Waals surface area contributed by atoms with E-state index in [1.54, 1.807) is 0 Å². The van der Waals surface area contributed by atoms with Gasteiger partial charge in [-0.05, 0) is 25.3 Å². The molecule has 0 amide bonds. The van der Waals surface area contributed by atoms with E-state index in [1.807, 2.05) is 6.08 Å². The summed E-state index contributed by atoms with van der Waals surface area (Å²) in [5.41, 5.74) is 0. The van der Waals surface area contributed by atoms with Crippen molar-refractivity contribution in [1.29, 1.82) is 0 Å². The lowest BCUT2D eigenvalue weighted by Crippen LogP contribution is -1.80. The quantitative estimate of drug-likeness (QED) is 0.278. The van der Waals surface area contributed by atoms with Crippen LogP contribution in [-0.2, 0) is 0 Å². The molecule has 0 rings (SSSR count). The lowest BCUT2D eigenvalue weighted by Gasteiger charge is -2.00. The Balaban J connectivity index is 3.03. The molecule has 0 nitrogen and oxygen atoms in total. The molecule has 99 valence electrons. The van der Waals surface area contributed by atoms with Crippen molar-refractivity contribution < 1.29 is 0 Å². The van der Waals surface area contributed by atoms with Crippen molar-refractivity contribution in [3.63, 3.8) is 0 Å². The fourth-order valence-electron chi connectivity index (χ4n) is 1.92. The fourth-order valence-corrected chi connectivity index (χ4v) is 1.92. The third-order valence-electron chi connectivity index (χ3n) is 3.03. The van der Waals surface area contributed by atoms with Crippen LogP contribution < -0.4 is 0 Å². The first-order valence-corrected chi connectivity index (χ1v) is 7.63. The molecule has 0 atom stereocenters. The van der Waals surface area contributed by atoms with Crippen LogP contribution in [0.4, 0.5) is 0 Å². The van der Waals surface area contributed by atoms with Crippen molar-refractivity contribution >= 4 is 0 Å². The van der Waals surface area contributed by atoms with E-state index in [1.165, 1.54) is 64.2 Å². The monoisotopic (exact) mass is 235 g/mol. The van der Waals surface area contributed by atoms with Gasteiger partial charge >= 0.3 is 0 Å². The molecular formula is C17H31. The summed E-state index contributed by atoms with van der Waals surface area (Å²) in [6.45, 7) is 4.39. The summed E-state index contributed by atoms with van der Waals surface area (Å²) in [6.07, 6.45) is 24.6. The van der Waals surface area contributed by atoms with Gasteiger partial charge in [0.2, 0.25) is 0 Å². The van der Waals surface area contributed by atoms with Gasteiger partial charge in [-0.15, -0.1) is 0 Å². The molecule has 0 aliphatic heterocycles. The smallest absolute Gasteiger partial charge is 0.0305 e. The van der Waals surface area contributed by atoms with E-state index < -0.39 is 0 Å². The van der Waals surface area contributed by atoms with Gasteiger partial charge in [-0.2, -0.15) is 0 Å². The van der Waals surface area contributed by atoms with Gasteiger partial charge in [0, 0.05) is 0 Å². The SMILES string of the molecule is CC/[C]=C\C=C\CCCCCCCCCCC. The van der Waals surface area contributed by atoms with Gasteiger partial charge in [-0.1, -0.05) is 83.4 Å². The number of allylic oxidation sites excluding steroid dienone is 4. The Hall–Kier alpha value is -0.520. The minimum absolute atomic E-state index is 1.02. The highest BCUT2D eigenvalue weighted by atomic mass is 14.0. The summed E-state index contributed by atoms with van der Waals surface area (Å²) in [4.78, 5) is 0. The molecule has 0 aromatic heterocycles. The van der Waals surface area contributed by atoms with Crippen LogP contribution in [0.1, 0.15) is 84.5 Å². The molecule has 0 unspecified atom stereocenters. The van der Waals surface area contributed by atoms with E-state index >= 15 is 0 Å². The van der Waals surface area contributed by atoms with Gasteiger partial charge in [0.15, 0.2) is 0 Å². The molecule has 0 aromatic rings. The summed E-state index contributed by atoms with van der Waals surface area (Å²) < 4.78 is 0. The molecule has 0 aliphatic rings. The van der Waals surface area contributed by atoms with E-state index in [-0.39, 0.29) is 0 Å². The highest BCUT2D eigenvalue weighted by molar-refractivity contribution is 4.98. The highest BCUT2D eigenvalue weighted by Gasteiger charge is 1.90. The highest BCUT2D eigenvalue weighted by Crippen LogP contribution is 2.10. The molecule has 0 heterocycles. The van der Waals surface area contributed by atoms with E-state index in [0.29, 0.717) is 0 Å². The van der Waals surface area contributed by atoms with Crippen molar-refractivity contribution in [2.24, 2.45) is 0 Å². The van der Waals surface area contributed by atoms with Crippen LogP contribution in [0.3, 0.4) is 0 Å². The summed E-state index contributed by atoms with van der Waals surface area (Å²) >= 11 is 0. The molecule has 0 spiro atoms. The van der Waals surface area contributed by atoms with Gasteiger partial charge in [0.05, 0.1) is 0 Å². The minimum Gasteiger partial charge on any atom is -0.0845 e. The van der Waals surface area contributed by atoms with Crippen LogP contribution in [0, 0.1) is 6.08 Å². The van der Waals surface area contributed by atoms with Crippen LogP contribution in [-0.4, -0.2) is 0 Å². The van der Waals surface area contributed by atoms with Crippen molar-refractivity contribution in [3.05, 3.63) is 24.3 Å². The molecular weight excluding hydrogens is 204 g/mol. The maximum absolute atomic E-state index is 3.17. The summed E-state index contributed by atoms with van der Waals surface area (Å²) in [5, 5.41) is 0. The molecule has 0 fully saturated rings. The van der Waals surface area contributed by atoms with Crippen LogP contribution in [0.5, 0.6) is 0 Å². The van der Waals surface area contributed by atoms with E-state index in [4.69, 9.17) is 0 Å². The zero-order valence-corrected chi connectivity index (χ0v) is 12.0. The molecule has 0 aliphatic carbocycles. The van der Waals surface area contributed by atoms with Crippen molar-refractivity contribution in [1.82, 2.24) is 0 Å². The van der Waals surface area contributed by atoms with Crippen molar-refractivity contribution in [3.8, 4) is 0 Å². The summed E-state index contributed by atoms with van der Waals surface area (Å²) in [5.74, 6) is 0. The Bertz CT molecular complexity index is 176. The zero-order valence-electron chi connectivity index (χ0n) is 12.0. The second-order valence-electron chi connectivity index (χ2n) is 4.77. The number of hydrogen-bond acceptors (Lipinski definition) is 0. The lowest BCUT2D eigenvalue weighted by molar-refractivity contribution is 0.566. The van der Waals surface area contributed by atoms with Gasteiger partial charge in [-0.3, -0.25) is 0 Å². The average Bonchev–Trinajstić information content (AvgIpc) is 2.35. The van der Waals surface area contributed by atoms with E-state index in [9.17, 15) is 0 Å². The Kier molecular flexibility index (Phi) is 15.0. The number of rotatable bonds is 12. The summed E-state index contributed by atoms with van der Waals surface area (Å²) in [6, 6.07) is 0. The molecule has 0 bridgehead atoms. The normalized spacial score (nSPS) is 11.9. The molecule has 0 heteroatoms. The average molecular weight is 235 g/mol. The van der Waals surface area contributed by atoms with Gasteiger partial charge < -0.3 is 0 Å². The molecule has 1 radical (unpaired) electrons.